The molecule has 3 aromatic rings. The lowest BCUT2D eigenvalue weighted by atomic mass is 10.1. The van der Waals surface area contributed by atoms with Gasteiger partial charge in [0.25, 0.3) is 0 Å². The van der Waals surface area contributed by atoms with Crippen LogP contribution in [0.5, 0.6) is 0 Å². The number of rotatable bonds is 1. The van der Waals surface area contributed by atoms with Gasteiger partial charge in [0, 0.05) is 32.2 Å². The van der Waals surface area contributed by atoms with Gasteiger partial charge in [0.15, 0.2) is 0 Å². The van der Waals surface area contributed by atoms with Crippen LogP contribution < -0.4 is 0 Å². The van der Waals surface area contributed by atoms with Gasteiger partial charge >= 0.3 is 0 Å². The molecule has 0 aliphatic carbocycles. The molecule has 1 nitrogen and oxygen atoms in total. The highest BCUT2D eigenvalue weighted by molar-refractivity contribution is 6.36. The topological polar surface area (TPSA) is 15.8 Å². The summed E-state index contributed by atoms with van der Waals surface area (Å²) in [5.41, 5.74) is 2.99. The van der Waals surface area contributed by atoms with Gasteiger partial charge in [0.2, 0.25) is 0 Å². The summed E-state index contributed by atoms with van der Waals surface area (Å²) < 4.78 is 0. The summed E-state index contributed by atoms with van der Waals surface area (Å²) in [6.07, 6.45) is 0. The zero-order valence-electron chi connectivity index (χ0n) is 8.87. The number of hydrogen-bond acceptors (Lipinski definition) is 0. The van der Waals surface area contributed by atoms with E-state index in [-0.39, 0.29) is 0 Å². The van der Waals surface area contributed by atoms with Crippen molar-refractivity contribution in [1.29, 1.82) is 0 Å². The predicted molar refractivity (Wildman–Crippen MR) is 73.8 cm³/mol. The highest BCUT2D eigenvalue weighted by Gasteiger charge is 2.07. The monoisotopic (exact) mass is 261 g/mol. The highest BCUT2D eigenvalue weighted by atomic mass is 35.5. The number of aromatic amines is 1. The van der Waals surface area contributed by atoms with Crippen molar-refractivity contribution >= 4 is 34.1 Å². The van der Waals surface area contributed by atoms with Crippen LogP contribution in [0, 0.1) is 0 Å². The smallest absolute Gasteiger partial charge is 0.0500 e. The molecular weight excluding hydrogens is 253 g/mol. The summed E-state index contributed by atoms with van der Waals surface area (Å²) in [4.78, 5) is 3.32. The third kappa shape index (κ3) is 1.82. The lowest BCUT2D eigenvalue weighted by Crippen LogP contribution is -1.77. The Kier molecular flexibility index (Phi) is 2.58. The molecule has 0 radical (unpaired) electrons. The van der Waals surface area contributed by atoms with Gasteiger partial charge in [-0.2, -0.15) is 0 Å². The first kappa shape index (κ1) is 10.7. The quantitative estimate of drug-likeness (QED) is 0.624. The van der Waals surface area contributed by atoms with Crippen LogP contribution in [-0.4, -0.2) is 4.98 Å². The van der Waals surface area contributed by atoms with Crippen LogP contribution in [0.4, 0.5) is 0 Å². The van der Waals surface area contributed by atoms with Crippen LogP contribution in [-0.2, 0) is 0 Å². The Morgan fingerprint density at radius 1 is 0.824 bits per heavy atom. The molecule has 0 saturated heterocycles. The number of benzene rings is 2. The van der Waals surface area contributed by atoms with Gasteiger partial charge in [0.1, 0.15) is 0 Å². The van der Waals surface area contributed by atoms with E-state index in [0.29, 0.717) is 0 Å². The molecule has 0 saturated carbocycles. The second kappa shape index (κ2) is 4.10. The van der Waals surface area contributed by atoms with Crippen molar-refractivity contribution in [2.24, 2.45) is 0 Å². The van der Waals surface area contributed by atoms with Crippen molar-refractivity contribution in [2.75, 3.05) is 0 Å². The van der Waals surface area contributed by atoms with E-state index in [9.17, 15) is 0 Å². The first-order chi connectivity index (χ1) is 8.25. The summed E-state index contributed by atoms with van der Waals surface area (Å²) >= 11 is 12.3. The maximum Gasteiger partial charge on any atom is 0.0500 e. The van der Waals surface area contributed by atoms with E-state index in [4.69, 9.17) is 23.2 Å². The van der Waals surface area contributed by atoms with Gasteiger partial charge in [0.05, 0.1) is 0 Å². The van der Waals surface area contributed by atoms with E-state index >= 15 is 0 Å². The summed E-state index contributed by atoms with van der Waals surface area (Å²) in [7, 11) is 0. The second-order valence-corrected chi connectivity index (χ2v) is 4.68. The second-order valence-electron chi connectivity index (χ2n) is 3.86. The van der Waals surface area contributed by atoms with Crippen molar-refractivity contribution in [1.82, 2.24) is 4.98 Å². The summed E-state index contributed by atoms with van der Waals surface area (Å²) in [5.74, 6) is 0. The molecule has 3 heteroatoms. The van der Waals surface area contributed by atoms with Crippen molar-refractivity contribution in [2.45, 2.75) is 0 Å². The Hall–Kier alpha value is -1.44. The Morgan fingerprint density at radius 3 is 2.35 bits per heavy atom. The zero-order chi connectivity index (χ0) is 11.8. The van der Waals surface area contributed by atoms with Crippen LogP contribution in [0.25, 0.3) is 22.2 Å². The van der Waals surface area contributed by atoms with Gasteiger partial charge in [-0.05, 0) is 24.3 Å². The average molecular weight is 262 g/mol. The molecule has 0 unspecified atom stereocenters. The molecule has 0 spiro atoms. The standard InChI is InChI=1S/C14H9Cl2N/c15-11-5-2-1-4-9(11)14-8-10-12(16)6-3-7-13(10)17-14/h1-8,17H. The summed E-state index contributed by atoms with van der Waals surface area (Å²) in [6.45, 7) is 0. The maximum atomic E-state index is 6.17. The van der Waals surface area contributed by atoms with Gasteiger partial charge in [-0.1, -0.05) is 47.5 Å². The van der Waals surface area contributed by atoms with Gasteiger partial charge in [-0.3, -0.25) is 0 Å². The third-order valence-electron chi connectivity index (χ3n) is 2.77. The van der Waals surface area contributed by atoms with Crippen LogP contribution in [0.3, 0.4) is 0 Å². The number of halogens is 2. The molecular formula is C14H9Cl2N. The molecule has 17 heavy (non-hydrogen) atoms. The normalized spacial score (nSPS) is 10.9. The maximum absolute atomic E-state index is 6.17. The Bertz CT molecular complexity index is 686. The molecule has 1 heterocycles. The SMILES string of the molecule is Clc1ccccc1-c1cc2c(Cl)cccc2[nH]1. The number of fused-ring (bicyclic) bond motifs is 1. The lowest BCUT2D eigenvalue weighted by molar-refractivity contribution is 1.45. The summed E-state index contributed by atoms with van der Waals surface area (Å²) in [6, 6.07) is 15.6. The molecule has 0 fully saturated rings. The lowest BCUT2D eigenvalue weighted by Gasteiger charge is -1.99. The molecule has 0 amide bonds. The fourth-order valence-corrected chi connectivity index (χ4v) is 2.41. The van der Waals surface area contributed by atoms with Crippen LogP contribution in [0.1, 0.15) is 0 Å². The van der Waals surface area contributed by atoms with E-state index in [2.05, 4.69) is 4.98 Å². The highest BCUT2D eigenvalue weighted by Crippen LogP contribution is 2.32. The van der Waals surface area contributed by atoms with Crippen molar-refractivity contribution in [3.63, 3.8) is 0 Å². The molecule has 0 atom stereocenters. The Balaban J connectivity index is 2.26. The fraction of sp³-hybridized carbons (Fsp3) is 0. The van der Waals surface area contributed by atoms with Crippen LogP contribution >= 0.6 is 23.2 Å². The fourth-order valence-electron chi connectivity index (χ4n) is 1.94. The minimum Gasteiger partial charge on any atom is -0.354 e. The first-order valence-corrected chi connectivity index (χ1v) is 6.03. The molecule has 1 N–H and O–H groups in total. The number of H-pyrrole nitrogens is 1. The molecule has 0 aliphatic rings. The molecule has 0 bridgehead atoms. The van der Waals surface area contributed by atoms with Crippen LogP contribution in [0.15, 0.2) is 48.5 Å². The average Bonchev–Trinajstić information content (AvgIpc) is 2.75. The van der Waals surface area contributed by atoms with Gasteiger partial charge in [-0.25, -0.2) is 0 Å². The number of nitrogens with one attached hydrogen (secondary N) is 1. The third-order valence-corrected chi connectivity index (χ3v) is 3.43. The van der Waals surface area contributed by atoms with E-state index in [1.807, 2.05) is 48.5 Å². The van der Waals surface area contributed by atoms with E-state index in [1.54, 1.807) is 0 Å². The van der Waals surface area contributed by atoms with Gasteiger partial charge in [-0.15, -0.1) is 0 Å². The molecule has 2 aromatic carbocycles. The number of aromatic nitrogens is 1. The Morgan fingerprint density at radius 2 is 1.59 bits per heavy atom. The van der Waals surface area contributed by atoms with E-state index in [1.165, 1.54) is 0 Å². The zero-order valence-corrected chi connectivity index (χ0v) is 10.4. The number of hydrogen-bond donors (Lipinski definition) is 1. The van der Waals surface area contributed by atoms with E-state index in [0.717, 1.165) is 32.2 Å². The predicted octanol–water partition coefficient (Wildman–Crippen LogP) is 5.14. The molecule has 3 rings (SSSR count). The van der Waals surface area contributed by atoms with Crippen molar-refractivity contribution in [3.05, 3.63) is 58.6 Å². The van der Waals surface area contributed by atoms with Gasteiger partial charge < -0.3 is 4.98 Å². The van der Waals surface area contributed by atoms with E-state index < -0.39 is 0 Å². The molecule has 84 valence electrons. The Labute approximate surface area is 109 Å². The van der Waals surface area contributed by atoms with Crippen LogP contribution in [0.2, 0.25) is 10.0 Å². The largest absolute Gasteiger partial charge is 0.354 e. The summed E-state index contributed by atoms with van der Waals surface area (Å²) in [5, 5.41) is 2.50. The van der Waals surface area contributed by atoms with Crippen molar-refractivity contribution < 1.29 is 0 Å². The molecule has 1 aromatic heterocycles. The first-order valence-electron chi connectivity index (χ1n) is 5.28. The molecule has 0 aliphatic heterocycles. The minimum absolute atomic E-state index is 0.732. The van der Waals surface area contributed by atoms with Crippen molar-refractivity contribution in [3.8, 4) is 11.3 Å². The minimum atomic E-state index is 0.732.